The van der Waals surface area contributed by atoms with Gasteiger partial charge in [-0.25, -0.2) is 0 Å². The molecular weight excluding hydrogens is 412 g/mol. The molecule has 0 radical (unpaired) electrons. The molecular formula is C32H53N2+. The molecule has 0 saturated heterocycles. The average Bonchev–Trinajstić information content (AvgIpc) is 3.40. The lowest BCUT2D eigenvalue weighted by Crippen LogP contribution is -2.19. The van der Waals surface area contributed by atoms with Gasteiger partial charge in [0.05, 0.1) is 5.92 Å². The third kappa shape index (κ3) is 13.4. The molecule has 1 aromatic carbocycles. The number of aliphatic imine (C=N–C) groups is 2. The first kappa shape index (κ1) is 28.7. The zero-order chi connectivity index (χ0) is 24.1. The van der Waals surface area contributed by atoms with Crippen molar-refractivity contribution in [3.05, 3.63) is 42.1 Å². The standard InChI is InChI=1S/C32H53N2/c1-3-4-5-6-7-8-9-10-11-12-13-14-15-16-17-18-22-25-31(28-30-23-20-19-21-24-30)29(2)32-33-26-27-34-32/h19-21,23-24,26-27,29,31H,3-18,22,25,28H2,1-2H3/q+1. The first-order chi connectivity index (χ1) is 16.8. The molecule has 0 amide bonds. The molecule has 0 N–H and O–H groups in total. The van der Waals surface area contributed by atoms with E-state index in [1.54, 1.807) is 0 Å². The Labute approximate surface area is 212 Å². The molecule has 0 fully saturated rings. The fraction of sp³-hybridized carbons (Fsp3) is 0.719. The van der Waals surface area contributed by atoms with Crippen molar-refractivity contribution < 1.29 is 0 Å². The van der Waals surface area contributed by atoms with Crippen molar-refractivity contribution in [3.63, 3.8) is 0 Å². The summed E-state index contributed by atoms with van der Waals surface area (Å²) in [5.41, 5.74) is 1.44. The minimum Gasteiger partial charge on any atom is -0.0965 e. The topological polar surface area (TPSA) is 24.7 Å². The lowest BCUT2D eigenvalue weighted by Gasteiger charge is -2.22. The number of nitrogens with zero attached hydrogens (tertiary/aromatic N) is 2. The molecule has 34 heavy (non-hydrogen) atoms. The Bertz CT molecular complexity index is 624. The van der Waals surface area contributed by atoms with Crippen molar-refractivity contribution >= 4 is 12.4 Å². The monoisotopic (exact) mass is 465 g/mol. The second-order valence-corrected chi connectivity index (χ2v) is 10.6. The van der Waals surface area contributed by atoms with E-state index in [9.17, 15) is 0 Å². The molecule has 0 aromatic heterocycles. The highest BCUT2D eigenvalue weighted by atomic mass is 15.0. The van der Waals surface area contributed by atoms with Crippen LogP contribution in [0.15, 0.2) is 40.3 Å². The fourth-order valence-electron chi connectivity index (χ4n) is 5.28. The van der Waals surface area contributed by atoms with Crippen LogP contribution in [0.25, 0.3) is 0 Å². The zero-order valence-corrected chi connectivity index (χ0v) is 22.5. The number of benzene rings is 1. The highest BCUT2D eigenvalue weighted by Crippen LogP contribution is 2.32. The van der Waals surface area contributed by atoms with Crippen molar-refractivity contribution in [3.8, 4) is 0 Å². The van der Waals surface area contributed by atoms with Crippen LogP contribution in [-0.4, -0.2) is 12.4 Å². The number of hydrogen-bond donors (Lipinski definition) is 0. The first-order valence-electron chi connectivity index (χ1n) is 14.8. The minimum absolute atomic E-state index is 0.427. The largest absolute Gasteiger partial charge is 0.243 e. The van der Waals surface area contributed by atoms with Gasteiger partial charge in [-0.15, -0.1) is 0 Å². The van der Waals surface area contributed by atoms with Gasteiger partial charge in [0.15, 0.2) is 12.4 Å². The summed E-state index contributed by atoms with van der Waals surface area (Å²) in [7, 11) is 0. The second-order valence-electron chi connectivity index (χ2n) is 10.6. The Morgan fingerprint density at radius 1 is 0.618 bits per heavy atom. The number of unbranched alkanes of at least 4 members (excludes halogenated alkanes) is 16. The highest BCUT2D eigenvalue weighted by Gasteiger charge is 2.31. The van der Waals surface area contributed by atoms with Crippen LogP contribution in [0.5, 0.6) is 0 Å². The lowest BCUT2D eigenvalue weighted by atomic mass is 9.82. The van der Waals surface area contributed by atoms with E-state index in [-0.39, 0.29) is 0 Å². The summed E-state index contributed by atoms with van der Waals surface area (Å²) in [4.78, 5) is 8.99. The van der Waals surface area contributed by atoms with Crippen LogP contribution in [0.4, 0.5) is 0 Å². The van der Waals surface area contributed by atoms with E-state index in [0.717, 1.165) is 12.6 Å². The predicted molar refractivity (Wildman–Crippen MR) is 152 cm³/mol. The normalized spacial score (nSPS) is 14.7. The summed E-state index contributed by atoms with van der Waals surface area (Å²) < 4.78 is 0. The smallest absolute Gasteiger partial charge is 0.0965 e. The van der Waals surface area contributed by atoms with Gasteiger partial charge in [0.2, 0.25) is 6.17 Å². The molecule has 2 rings (SSSR count). The molecule has 1 aliphatic rings. The third-order valence-corrected chi connectivity index (χ3v) is 7.61. The van der Waals surface area contributed by atoms with Gasteiger partial charge in [0.25, 0.3) is 0 Å². The van der Waals surface area contributed by atoms with E-state index in [1.807, 2.05) is 12.4 Å². The minimum atomic E-state index is 0.427. The Hall–Kier alpha value is -1.57. The van der Waals surface area contributed by atoms with E-state index in [4.69, 9.17) is 0 Å². The van der Waals surface area contributed by atoms with E-state index in [2.05, 4.69) is 54.2 Å². The fourth-order valence-corrected chi connectivity index (χ4v) is 5.28. The van der Waals surface area contributed by atoms with E-state index < -0.39 is 0 Å². The first-order valence-corrected chi connectivity index (χ1v) is 14.8. The van der Waals surface area contributed by atoms with Gasteiger partial charge in [-0.1, -0.05) is 156 Å². The maximum atomic E-state index is 4.49. The van der Waals surface area contributed by atoms with Gasteiger partial charge < -0.3 is 0 Å². The van der Waals surface area contributed by atoms with Crippen LogP contribution >= 0.6 is 0 Å². The summed E-state index contributed by atoms with van der Waals surface area (Å²) >= 11 is 0. The summed E-state index contributed by atoms with van der Waals surface area (Å²) in [6, 6.07) is 11.0. The molecule has 0 saturated carbocycles. The summed E-state index contributed by atoms with van der Waals surface area (Å²) in [5, 5.41) is 0. The third-order valence-electron chi connectivity index (χ3n) is 7.61. The van der Waals surface area contributed by atoms with Gasteiger partial charge in [-0.2, -0.15) is 0 Å². The molecule has 2 heteroatoms. The van der Waals surface area contributed by atoms with Crippen molar-refractivity contribution in [2.45, 2.75) is 136 Å². The molecule has 1 heterocycles. The molecule has 0 spiro atoms. The maximum absolute atomic E-state index is 4.49. The van der Waals surface area contributed by atoms with Crippen LogP contribution in [-0.2, 0) is 6.42 Å². The van der Waals surface area contributed by atoms with Crippen molar-refractivity contribution in [1.29, 1.82) is 0 Å². The van der Waals surface area contributed by atoms with Gasteiger partial charge in [-0.3, -0.25) is 0 Å². The molecule has 0 bridgehead atoms. The van der Waals surface area contributed by atoms with Crippen LogP contribution < -0.4 is 0 Å². The van der Waals surface area contributed by atoms with Crippen molar-refractivity contribution in [1.82, 2.24) is 0 Å². The van der Waals surface area contributed by atoms with E-state index >= 15 is 0 Å². The molecule has 190 valence electrons. The Morgan fingerprint density at radius 2 is 1.06 bits per heavy atom. The average molecular weight is 466 g/mol. The molecule has 1 aromatic rings. The van der Waals surface area contributed by atoms with E-state index in [1.165, 1.54) is 121 Å². The van der Waals surface area contributed by atoms with Crippen molar-refractivity contribution in [2.24, 2.45) is 21.8 Å². The second kappa shape index (κ2) is 19.7. The molecule has 2 atom stereocenters. The molecule has 1 aliphatic heterocycles. The highest BCUT2D eigenvalue weighted by molar-refractivity contribution is 6.18. The molecule has 2 nitrogen and oxygen atoms in total. The Morgan fingerprint density at radius 3 is 1.53 bits per heavy atom. The van der Waals surface area contributed by atoms with Crippen LogP contribution in [0.1, 0.15) is 135 Å². The Balaban J connectivity index is 1.45. The summed E-state index contributed by atoms with van der Waals surface area (Å²) in [6.45, 7) is 4.61. The lowest BCUT2D eigenvalue weighted by molar-refractivity contribution is 0.328. The summed E-state index contributed by atoms with van der Waals surface area (Å²) in [5.74, 6) is 1.05. The Kier molecular flexibility index (Phi) is 16.6. The maximum Gasteiger partial charge on any atom is 0.243 e. The van der Waals surface area contributed by atoms with E-state index in [0.29, 0.717) is 11.8 Å². The molecule has 0 aliphatic carbocycles. The predicted octanol–water partition coefficient (Wildman–Crippen LogP) is 10.2. The van der Waals surface area contributed by atoms with Crippen LogP contribution in [0, 0.1) is 18.0 Å². The molecule has 2 unspecified atom stereocenters. The summed E-state index contributed by atoms with van der Waals surface area (Å²) in [6.07, 6.45) is 31.4. The number of rotatable bonds is 22. The quantitative estimate of drug-likeness (QED) is 0.120. The van der Waals surface area contributed by atoms with Crippen LogP contribution in [0.3, 0.4) is 0 Å². The van der Waals surface area contributed by atoms with Gasteiger partial charge in [0, 0.05) is 0 Å². The SMILES string of the molecule is CCCCCCCCCCCCCCCCCCCC(Cc1ccccc1)C(C)[C+]1N=CC=N1. The van der Waals surface area contributed by atoms with Gasteiger partial charge in [-0.05, 0) is 31.2 Å². The zero-order valence-electron chi connectivity index (χ0n) is 22.5. The van der Waals surface area contributed by atoms with Gasteiger partial charge in [0.1, 0.15) is 0 Å². The van der Waals surface area contributed by atoms with Crippen molar-refractivity contribution in [2.75, 3.05) is 0 Å². The van der Waals surface area contributed by atoms with Gasteiger partial charge >= 0.3 is 0 Å². The number of hydrogen-bond acceptors (Lipinski definition) is 2. The van der Waals surface area contributed by atoms with Crippen LogP contribution in [0.2, 0.25) is 0 Å².